The zero-order chi connectivity index (χ0) is 22.7. The highest BCUT2D eigenvalue weighted by Crippen LogP contribution is 2.33. The molecule has 3 aromatic rings. The van der Waals surface area contributed by atoms with Crippen molar-refractivity contribution in [3.8, 4) is 11.3 Å². The quantitative estimate of drug-likeness (QED) is 0.333. The molecule has 9 nitrogen and oxygen atoms in total. The van der Waals surface area contributed by atoms with Crippen LogP contribution in [0.5, 0.6) is 0 Å². The molecule has 1 N–H and O–H groups in total. The third-order valence-corrected chi connectivity index (χ3v) is 5.40. The lowest BCUT2D eigenvalue weighted by atomic mass is 10.1. The van der Waals surface area contributed by atoms with E-state index in [0.717, 1.165) is 16.7 Å². The van der Waals surface area contributed by atoms with E-state index in [2.05, 4.69) is 5.32 Å². The molecule has 1 aliphatic heterocycles. The van der Waals surface area contributed by atoms with E-state index in [1.54, 1.807) is 54.6 Å². The van der Waals surface area contributed by atoms with Crippen LogP contribution in [0.25, 0.3) is 17.4 Å². The number of carbonyl (C=O) groups is 3. The Morgan fingerprint density at radius 3 is 2.47 bits per heavy atom. The number of nitro groups is 1. The molecule has 2 aromatic carbocycles. The van der Waals surface area contributed by atoms with E-state index in [1.807, 2.05) is 0 Å². The second-order valence-electron chi connectivity index (χ2n) is 6.69. The minimum absolute atomic E-state index is 0.0366. The summed E-state index contributed by atoms with van der Waals surface area (Å²) in [7, 11) is 0. The summed E-state index contributed by atoms with van der Waals surface area (Å²) < 4.78 is 5.69. The highest BCUT2D eigenvalue weighted by atomic mass is 32.2. The van der Waals surface area contributed by atoms with Crippen molar-refractivity contribution in [1.29, 1.82) is 0 Å². The Morgan fingerprint density at radius 2 is 1.78 bits per heavy atom. The molecule has 160 valence electrons. The number of nitro benzene ring substituents is 1. The molecule has 3 amide bonds. The molecule has 0 aliphatic carbocycles. The van der Waals surface area contributed by atoms with Crippen molar-refractivity contribution < 1.29 is 23.7 Å². The number of anilines is 1. The lowest BCUT2D eigenvalue weighted by molar-refractivity contribution is -0.384. The van der Waals surface area contributed by atoms with Crippen LogP contribution in [-0.4, -0.2) is 33.4 Å². The van der Waals surface area contributed by atoms with Crippen LogP contribution in [0.1, 0.15) is 5.76 Å². The SMILES string of the molecule is O=C(CN1C(=O)S/C(=C/c2ccc(-c3ccc([N+](=O)[O-])cc3)o2)C1=O)Nc1ccccc1. The van der Waals surface area contributed by atoms with Gasteiger partial charge in [-0.2, -0.15) is 0 Å². The summed E-state index contributed by atoms with van der Waals surface area (Å²) >= 11 is 0.719. The monoisotopic (exact) mass is 449 g/mol. The molecule has 1 aromatic heterocycles. The first-order valence-electron chi connectivity index (χ1n) is 9.35. The number of para-hydroxylation sites is 1. The molecule has 1 saturated heterocycles. The first-order valence-corrected chi connectivity index (χ1v) is 10.2. The van der Waals surface area contributed by atoms with Crippen molar-refractivity contribution >= 4 is 46.3 Å². The number of rotatable bonds is 6. The van der Waals surface area contributed by atoms with Crippen LogP contribution in [-0.2, 0) is 9.59 Å². The van der Waals surface area contributed by atoms with Gasteiger partial charge in [-0.3, -0.25) is 29.4 Å². The fourth-order valence-electron chi connectivity index (χ4n) is 2.96. The molecule has 1 aliphatic rings. The summed E-state index contributed by atoms with van der Waals surface area (Å²) in [6.45, 7) is -0.400. The third-order valence-electron chi connectivity index (χ3n) is 4.50. The molecular formula is C22H15N3O6S. The zero-order valence-corrected chi connectivity index (χ0v) is 17.2. The number of hydrogen-bond acceptors (Lipinski definition) is 7. The maximum atomic E-state index is 12.6. The maximum Gasteiger partial charge on any atom is 0.294 e. The number of benzene rings is 2. The number of furan rings is 1. The Bertz CT molecular complexity index is 1230. The van der Waals surface area contributed by atoms with Gasteiger partial charge in [-0.1, -0.05) is 18.2 Å². The summed E-state index contributed by atoms with van der Waals surface area (Å²) in [6.07, 6.45) is 1.43. The van der Waals surface area contributed by atoms with E-state index in [1.165, 1.54) is 18.2 Å². The van der Waals surface area contributed by atoms with Crippen LogP contribution in [0.2, 0.25) is 0 Å². The van der Waals surface area contributed by atoms with Gasteiger partial charge >= 0.3 is 0 Å². The lowest BCUT2D eigenvalue weighted by Gasteiger charge is -2.12. The number of nitrogens with zero attached hydrogens (tertiary/aromatic N) is 2. The minimum atomic E-state index is -0.587. The Balaban J connectivity index is 1.45. The summed E-state index contributed by atoms with van der Waals surface area (Å²) in [6, 6.07) is 17.8. The van der Waals surface area contributed by atoms with Crippen molar-refractivity contribution in [3.05, 3.63) is 87.5 Å². The van der Waals surface area contributed by atoms with Crippen LogP contribution in [0.15, 0.2) is 76.1 Å². The molecular weight excluding hydrogens is 434 g/mol. The van der Waals surface area contributed by atoms with E-state index < -0.39 is 28.5 Å². The summed E-state index contributed by atoms with van der Waals surface area (Å²) in [5.74, 6) is -0.292. The highest BCUT2D eigenvalue weighted by Gasteiger charge is 2.36. The van der Waals surface area contributed by atoms with Crippen molar-refractivity contribution in [1.82, 2.24) is 4.90 Å². The average molecular weight is 449 g/mol. The van der Waals surface area contributed by atoms with Gasteiger partial charge in [0, 0.05) is 29.5 Å². The average Bonchev–Trinajstić information content (AvgIpc) is 3.35. The van der Waals surface area contributed by atoms with Gasteiger partial charge in [0.05, 0.1) is 9.83 Å². The van der Waals surface area contributed by atoms with Gasteiger partial charge in [-0.05, 0) is 48.2 Å². The fraction of sp³-hybridized carbons (Fsp3) is 0.0455. The van der Waals surface area contributed by atoms with E-state index >= 15 is 0 Å². The zero-order valence-electron chi connectivity index (χ0n) is 16.4. The Labute approximate surface area is 185 Å². The number of hydrogen-bond donors (Lipinski definition) is 1. The number of imide groups is 1. The van der Waals surface area contributed by atoms with Crippen LogP contribution < -0.4 is 5.32 Å². The number of thioether (sulfide) groups is 1. The standard InChI is InChI=1S/C22H15N3O6S/c26-20(23-15-4-2-1-3-5-15)13-24-21(27)19(32-22(24)28)12-17-10-11-18(31-17)14-6-8-16(9-7-14)25(29)30/h1-12H,13H2,(H,23,26)/b19-12+. The van der Waals surface area contributed by atoms with Gasteiger partial charge in [-0.15, -0.1) is 0 Å². The normalized spacial score (nSPS) is 14.8. The molecule has 4 rings (SSSR count). The molecule has 10 heteroatoms. The molecule has 0 unspecified atom stereocenters. The summed E-state index contributed by atoms with van der Waals surface area (Å²) in [4.78, 5) is 48.4. The maximum absolute atomic E-state index is 12.6. The highest BCUT2D eigenvalue weighted by molar-refractivity contribution is 8.18. The predicted octanol–water partition coefficient (Wildman–Crippen LogP) is 4.53. The molecule has 2 heterocycles. The van der Waals surface area contributed by atoms with Gasteiger partial charge in [0.25, 0.3) is 16.8 Å². The van der Waals surface area contributed by atoms with Crippen LogP contribution in [0.4, 0.5) is 16.2 Å². The molecule has 32 heavy (non-hydrogen) atoms. The Kier molecular flexibility index (Phi) is 5.86. The van der Waals surface area contributed by atoms with Gasteiger partial charge in [0.2, 0.25) is 5.91 Å². The van der Waals surface area contributed by atoms with Gasteiger partial charge in [0.1, 0.15) is 18.1 Å². The predicted molar refractivity (Wildman–Crippen MR) is 119 cm³/mol. The van der Waals surface area contributed by atoms with Gasteiger partial charge in [0.15, 0.2) is 0 Å². The van der Waals surface area contributed by atoms with Crippen LogP contribution >= 0.6 is 11.8 Å². The topological polar surface area (TPSA) is 123 Å². The smallest absolute Gasteiger partial charge is 0.294 e. The number of non-ortho nitro benzene ring substituents is 1. The van der Waals surface area contributed by atoms with E-state index in [0.29, 0.717) is 22.8 Å². The molecule has 0 bridgehead atoms. The van der Waals surface area contributed by atoms with Crippen LogP contribution in [0.3, 0.4) is 0 Å². The molecule has 0 saturated carbocycles. The third kappa shape index (κ3) is 4.60. The largest absolute Gasteiger partial charge is 0.457 e. The van der Waals surface area contributed by atoms with Crippen molar-refractivity contribution in [2.24, 2.45) is 0 Å². The lowest BCUT2D eigenvalue weighted by Crippen LogP contribution is -2.36. The first-order chi connectivity index (χ1) is 15.4. The van der Waals surface area contributed by atoms with Gasteiger partial charge < -0.3 is 9.73 Å². The van der Waals surface area contributed by atoms with Crippen molar-refractivity contribution in [2.75, 3.05) is 11.9 Å². The molecule has 0 atom stereocenters. The summed E-state index contributed by atoms with van der Waals surface area (Å²) in [5, 5.41) is 12.9. The van der Waals surface area contributed by atoms with Crippen molar-refractivity contribution in [3.63, 3.8) is 0 Å². The molecule has 0 spiro atoms. The van der Waals surface area contributed by atoms with Crippen molar-refractivity contribution in [2.45, 2.75) is 0 Å². The minimum Gasteiger partial charge on any atom is -0.457 e. The molecule has 1 fully saturated rings. The van der Waals surface area contributed by atoms with Crippen LogP contribution in [0, 0.1) is 10.1 Å². The fourth-order valence-corrected chi connectivity index (χ4v) is 3.78. The second-order valence-corrected chi connectivity index (χ2v) is 7.68. The van der Waals surface area contributed by atoms with E-state index in [9.17, 15) is 24.5 Å². The van der Waals surface area contributed by atoms with E-state index in [4.69, 9.17) is 4.42 Å². The Hall–Kier alpha value is -4.18. The Morgan fingerprint density at radius 1 is 1.06 bits per heavy atom. The number of amides is 3. The number of carbonyl (C=O) groups excluding carboxylic acids is 3. The number of nitrogens with one attached hydrogen (secondary N) is 1. The first kappa shape index (κ1) is 21.1. The molecule has 0 radical (unpaired) electrons. The second kappa shape index (κ2) is 8.90. The van der Waals surface area contributed by atoms with E-state index in [-0.39, 0.29) is 10.6 Å². The van der Waals surface area contributed by atoms with Gasteiger partial charge in [-0.25, -0.2) is 0 Å². The summed E-state index contributed by atoms with van der Waals surface area (Å²) in [5.41, 5.74) is 1.15.